The lowest BCUT2D eigenvalue weighted by Crippen LogP contribution is -2.24. The normalized spacial score (nSPS) is 10.8. The van der Waals surface area contributed by atoms with E-state index in [9.17, 15) is 4.79 Å². The van der Waals surface area contributed by atoms with Gasteiger partial charge in [-0.1, -0.05) is 54.6 Å². The molecular formula is C20H18N2O2. The number of pyridine rings is 1. The largest absolute Gasteiger partial charge is 0.445 e. The highest BCUT2D eigenvalue weighted by Gasteiger charge is 2.00. The number of fused-ring (bicyclic) bond motifs is 1. The Labute approximate surface area is 140 Å². The molecule has 4 heteroatoms. The van der Waals surface area contributed by atoms with E-state index in [0.29, 0.717) is 6.54 Å². The van der Waals surface area contributed by atoms with Crippen molar-refractivity contribution in [3.8, 4) is 0 Å². The number of ether oxygens (including phenoxy) is 1. The van der Waals surface area contributed by atoms with E-state index in [-0.39, 0.29) is 6.61 Å². The van der Waals surface area contributed by atoms with Crippen LogP contribution < -0.4 is 5.32 Å². The number of hydrogen-bond acceptors (Lipinski definition) is 3. The van der Waals surface area contributed by atoms with Gasteiger partial charge in [-0.3, -0.25) is 4.98 Å². The molecule has 1 heterocycles. The Bertz CT molecular complexity index is 844. The Hall–Kier alpha value is -3.14. The molecule has 0 aliphatic rings. The standard InChI is InChI=1S/C20H18N2O2/c23-20(24-15-17-6-2-1-3-7-17)22-13-4-8-16-10-11-19-18(14-16)9-5-12-21-19/h1-12,14H,13,15H2,(H,22,23). The van der Waals surface area contributed by atoms with Gasteiger partial charge in [0.2, 0.25) is 0 Å². The van der Waals surface area contributed by atoms with Gasteiger partial charge in [-0.2, -0.15) is 0 Å². The van der Waals surface area contributed by atoms with Crippen LogP contribution >= 0.6 is 0 Å². The molecule has 120 valence electrons. The van der Waals surface area contributed by atoms with Crippen LogP contribution in [0, 0.1) is 0 Å². The summed E-state index contributed by atoms with van der Waals surface area (Å²) in [5, 5.41) is 3.79. The third-order valence-electron chi connectivity index (χ3n) is 3.51. The lowest BCUT2D eigenvalue weighted by atomic mass is 10.1. The van der Waals surface area contributed by atoms with Crippen molar-refractivity contribution in [2.75, 3.05) is 6.54 Å². The van der Waals surface area contributed by atoms with Crippen molar-refractivity contribution < 1.29 is 9.53 Å². The summed E-state index contributed by atoms with van der Waals surface area (Å²) in [6.45, 7) is 0.687. The summed E-state index contributed by atoms with van der Waals surface area (Å²) in [4.78, 5) is 15.9. The summed E-state index contributed by atoms with van der Waals surface area (Å²) in [7, 11) is 0. The Morgan fingerprint density at radius 1 is 1.08 bits per heavy atom. The molecule has 3 rings (SSSR count). The summed E-state index contributed by atoms with van der Waals surface area (Å²) in [5.41, 5.74) is 3.00. The second-order valence-corrected chi connectivity index (χ2v) is 5.30. The molecule has 0 atom stereocenters. The zero-order valence-electron chi connectivity index (χ0n) is 13.2. The summed E-state index contributed by atoms with van der Waals surface area (Å²) in [5.74, 6) is 0. The van der Waals surface area contributed by atoms with Crippen LogP contribution in [0.25, 0.3) is 17.0 Å². The highest BCUT2D eigenvalue weighted by atomic mass is 16.5. The fourth-order valence-electron chi connectivity index (χ4n) is 2.31. The smallest absolute Gasteiger partial charge is 0.407 e. The monoisotopic (exact) mass is 318 g/mol. The van der Waals surface area contributed by atoms with Crippen molar-refractivity contribution in [3.63, 3.8) is 0 Å². The summed E-state index contributed by atoms with van der Waals surface area (Å²) < 4.78 is 5.15. The number of amides is 1. The molecule has 4 nitrogen and oxygen atoms in total. The number of benzene rings is 2. The van der Waals surface area contributed by atoms with Gasteiger partial charge in [-0.05, 0) is 29.3 Å². The van der Waals surface area contributed by atoms with Gasteiger partial charge in [0.05, 0.1) is 5.52 Å². The fourth-order valence-corrected chi connectivity index (χ4v) is 2.31. The summed E-state index contributed by atoms with van der Waals surface area (Å²) in [6, 6.07) is 19.6. The molecule has 1 amide bonds. The number of nitrogens with zero attached hydrogens (tertiary/aromatic N) is 1. The molecule has 0 saturated heterocycles. The molecule has 24 heavy (non-hydrogen) atoms. The lowest BCUT2D eigenvalue weighted by molar-refractivity contribution is 0.141. The molecule has 0 aliphatic carbocycles. The van der Waals surface area contributed by atoms with Crippen LogP contribution in [-0.4, -0.2) is 17.6 Å². The minimum absolute atomic E-state index is 0.272. The maximum absolute atomic E-state index is 11.6. The first-order valence-corrected chi connectivity index (χ1v) is 7.77. The van der Waals surface area contributed by atoms with Gasteiger partial charge < -0.3 is 10.1 Å². The highest BCUT2D eigenvalue weighted by Crippen LogP contribution is 2.14. The van der Waals surface area contributed by atoms with Crippen LogP contribution in [0.15, 0.2) is 72.9 Å². The SMILES string of the molecule is O=C(NCC=Cc1ccc2ncccc2c1)OCc1ccccc1. The van der Waals surface area contributed by atoms with Crippen LogP contribution in [-0.2, 0) is 11.3 Å². The summed E-state index contributed by atoms with van der Waals surface area (Å²) in [6.07, 6.45) is 5.21. The Morgan fingerprint density at radius 3 is 2.83 bits per heavy atom. The van der Waals surface area contributed by atoms with Crippen LogP contribution in [0.2, 0.25) is 0 Å². The lowest BCUT2D eigenvalue weighted by Gasteiger charge is -2.05. The van der Waals surface area contributed by atoms with Crippen molar-refractivity contribution in [1.29, 1.82) is 0 Å². The third kappa shape index (κ3) is 4.43. The van der Waals surface area contributed by atoms with E-state index in [2.05, 4.69) is 16.4 Å². The number of carbonyl (C=O) groups is 1. The van der Waals surface area contributed by atoms with Gasteiger partial charge in [0.25, 0.3) is 0 Å². The van der Waals surface area contributed by atoms with Crippen molar-refractivity contribution in [1.82, 2.24) is 10.3 Å². The number of rotatable bonds is 5. The van der Waals surface area contributed by atoms with E-state index in [1.54, 1.807) is 6.20 Å². The maximum atomic E-state index is 11.6. The van der Waals surface area contributed by atoms with Crippen molar-refractivity contribution in [2.45, 2.75) is 6.61 Å². The molecule has 0 spiro atoms. The van der Waals surface area contributed by atoms with E-state index in [1.807, 2.05) is 66.7 Å². The third-order valence-corrected chi connectivity index (χ3v) is 3.51. The molecular weight excluding hydrogens is 300 g/mol. The average molecular weight is 318 g/mol. The van der Waals surface area contributed by atoms with E-state index in [0.717, 1.165) is 22.0 Å². The van der Waals surface area contributed by atoms with E-state index >= 15 is 0 Å². The zero-order valence-corrected chi connectivity index (χ0v) is 13.2. The molecule has 0 aliphatic heterocycles. The second-order valence-electron chi connectivity index (χ2n) is 5.30. The second kappa shape index (κ2) is 7.92. The molecule has 1 aromatic heterocycles. The molecule has 1 N–H and O–H groups in total. The topological polar surface area (TPSA) is 51.2 Å². The number of carbonyl (C=O) groups excluding carboxylic acids is 1. The Balaban J connectivity index is 1.46. The highest BCUT2D eigenvalue weighted by molar-refractivity contribution is 5.81. The van der Waals surface area contributed by atoms with E-state index < -0.39 is 6.09 Å². The molecule has 0 unspecified atom stereocenters. The number of nitrogens with one attached hydrogen (secondary N) is 1. The quantitative estimate of drug-likeness (QED) is 0.768. The van der Waals surface area contributed by atoms with Gasteiger partial charge in [-0.15, -0.1) is 0 Å². The predicted molar refractivity (Wildman–Crippen MR) is 95.4 cm³/mol. The van der Waals surface area contributed by atoms with Crippen LogP contribution in [0.4, 0.5) is 4.79 Å². The van der Waals surface area contributed by atoms with E-state index in [1.165, 1.54) is 0 Å². The van der Waals surface area contributed by atoms with Crippen LogP contribution in [0.1, 0.15) is 11.1 Å². The van der Waals surface area contributed by atoms with E-state index in [4.69, 9.17) is 4.74 Å². The van der Waals surface area contributed by atoms with Gasteiger partial charge in [0.15, 0.2) is 0 Å². The molecule has 0 saturated carbocycles. The average Bonchev–Trinajstić information content (AvgIpc) is 2.64. The van der Waals surface area contributed by atoms with Gasteiger partial charge in [0, 0.05) is 18.1 Å². The number of aromatic nitrogens is 1. The summed E-state index contributed by atoms with van der Waals surface area (Å²) >= 11 is 0. The predicted octanol–water partition coefficient (Wildman–Crippen LogP) is 4.17. The van der Waals surface area contributed by atoms with Crippen molar-refractivity contribution in [3.05, 3.63) is 84.1 Å². The minimum atomic E-state index is -0.425. The molecule has 0 radical (unpaired) electrons. The van der Waals surface area contributed by atoms with Crippen LogP contribution in [0.5, 0.6) is 0 Å². The first kappa shape index (κ1) is 15.7. The van der Waals surface area contributed by atoms with Gasteiger partial charge in [0.1, 0.15) is 6.61 Å². The first-order chi connectivity index (χ1) is 11.8. The zero-order chi connectivity index (χ0) is 16.6. The van der Waals surface area contributed by atoms with Crippen molar-refractivity contribution in [2.24, 2.45) is 0 Å². The maximum Gasteiger partial charge on any atom is 0.407 e. The fraction of sp³-hybridized carbons (Fsp3) is 0.100. The van der Waals surface area contributed by atoms with Gasteiger partial charge in [-0.25, -0.2) is 4.79 Å². The minimum Gasteiger partial charge on any atom is -0.445 e. The first-order valence-electron chi connectivity index (χ1n) is 7.77. The Morgan fingerprint density at radius 2 is 1.96 bits per heavy atom. The van der Waals surface area contributed by atoms with Crippen molar-refractivity contribution >= 4 is 23.1 Å². The number of hydrogen-bond donors (Lipinski definition) is 1. The van der Waals surface area contributed by atoms with Crippen LogP contribution in [0.3, 0.4) is 0 Å². The Kier molecular flexibility index (Phi) is 5.20. The molecule has 2 aromatic carbocycles. The molecule has 3 aromatic rings. The molecule has 0 bridgehead atoms. The van der Waals surface area contributed by atoms with Gasteiger partial charge >= 0.3 is 6.09 Å². The number of alkyl carbamates (subject to hydrolysis) is 1. The molecule has 0 fully saturated rings.